The van der Waals surface area contributed by atoms with Gasteiger partial charge in [-0.05, 0) is 37.5 Å². The predicted molar refractivity (Wildman–Crippen MR) is 112 cm³/mol. The van der Waals surface area contributed by atoms with Crippen LogP contribution in [-0.4, -0.2) is 17.1 Å². The van der Waals surface area contributed by atoms with Gasteiger partial charge in [0.25, 0.3) is 0 Å². The molecule has 0 aromatic carbocycles. The van der Waals surface area contributed by atoms with Crippen molar-refractivity contribution >= 4 is 7.82 Å². The average Bonchev–Trinajstić information content (AvgIpc) is 2.62. The number of hydrogen-bond acceptors (Lipinski definition) is 3. The van der Waals surface area contributed by atoms with Crippen LogP contribution in [0.15, 0.2) is 0 Å². The summed E-state index contributed by atoms with van der Waals surface area (Å²) in [6.45, 7) is 4.46. The van der Waals surface area contributed by atoms with Crippen LogP contribution in [0.2, 0.25) is 0 Å². The van der Waals surface area contributed by atoms with E-state index in [-0.39, 0.29) is 12.2 Å². The Hall–Kier alpha value is 0.110. The highest BCUT2D eigenvalue weighted by Gasteiger charge is 2.34. The maximum Gasteiger partial charge on any atom is 0.472 e. The summed E-state index contributed by atoms with van der Waals surface area (Å²) in [6, 6.07) is 0. The van der Waals surface area contributed by atoms with Crippen molar-refractivity contribution in [3.63, 3.8) is 0 Å². The molecule has 0 radical (unpaired) electrons. The molecule has 4 unspecified atom stereocenters. The van der Waals surface area contributed by atoms with Gasteiger partial charge in [-0.15, -0.1) is 0 Å². The molecule has 27 heavy (non-hydrogen) atoms. The molecule has 2 aliphatic carbocycles. The van der Waals surface area contributed by atoms with Gasteiger partial charge in [0.1, 0.15) is 0 Å². The van der Waals surface area contributed by atoms with E-state index in [2.05, 4.69) is 13.8 Å². The lowest BCUT2D eigenvalue weighted by Crippen LogP contribution is -2.25. The highest BCUT2D eigenvalue weighted by Crippen LogP contribution is 2.50. The number of hydrogen-bond donors (Lipinski definition) is 1. The Bertz CT molecular complexity index is 406. The number of rotatable bonds is 12. The van der Waals surface area contributed by atoms with Gasteiger partial charge in [-0.2, -0.15) is 0 Å². The molecule has 0 aromatic heterocycles. The molecule has 5 heteroatoms. The Morgan fingerprint density at radius 1 is 0.778 bits per heavy atom. The fourth-order valence-electron chi connectivity index (χ4n) is 4.97. The van der Waals surface area contributed by atoms with Crippen LogP contribution < -0.4 is 0 Å². The third-order valence-corrected chi connectivity index (χ3v) is 7.59. The molecule has 2 rings (SSSR count). The number of phosphoric acid groups is 1. The molecule has 4 nitrogen and oxygen atoms in total. The minimum atomic E-state index is -3.95. The molecule has 160 valence electrons. The van der Waals surface area contributed by atoms with Gasteiger partial charge in [0, 0.05) is 0 Å². The fourth-order valence-corrected chi connectivity index (χ4v) is 6.15. The minimum absolute atomic E-state index is 0.106. The van der Waals surface area contributed by atoms with E-state index in [0.717, 1.165) is 38.5 Å². The fraction of sp³-hybridized carbons (Fsp3) is 1.00. The lowest BCUT2D eigenvalue weighted by molar-refractivity contribution is 0.0295. The molecule has 0 spiro atoms. The van der Waals surface area contributed by atoms with E-state index in [1.807, 2.05) is 0 Å². The summed E-state index contributed by atoms with van der Waals surface area (Å²) in [5.41, 5.74) is 0. The van der Waals surface area contributed by atoms with E-state index < -0.39 is 7.82 Å². The summed E-state index contributed by atoms with van der Waals surface area (Å²) < 4.78 is 23.9. The highest BCUT2D eigenvalue weighted by molar-refractivity contribution is 7.47. The molecule has 2 saturated carbocycles. The lowest BCUT2D eigenvalue weighted by Gasteiger charge is -2.33. The van der Waals surface area contributed by atoms with Crippen LogP contribution in [0.4, 0.5) is 0 Å². The first-order valence-electron chi connectivity index (χ1n) is 11.7. The molecule has 0 heterocycles. The van der Waals surface area contributed by atoms with Gasteiger partial charge in [0.05, 0.1) is 12.2 Å². The number of unbranched alkanes of at least 4 members (excludes halogenated alkanes) is 4. The third-order valence-electron chi connectivity index (χ3n) is 6.47. The topological polar surface area (TPSA) is 55.8 Å². The monoisotopic (exact) mass is 402 g/mol. The summed E-state index contributed by atoms with van der Waals surface area (Å²) in [5, 5.41) is 0. The summed E-state index contributed by atoms with van der Waals surface area (Å²) in [4.78, 5) is 10.3. The largest absolute Gasteiger partial charge is 0.472 e. The Labute approximate surface area is 167 Å². The zero-order chi connectivity index (χ0) is 19.5. The zero-order valence-electron chi connectivity index (χ0n) is 17.7. The Morgan fingerprint density at radius 2 is 1.22 bits per heavy atom. The Morgan fingerprint density at radius 3 is 1.63 bits per heavy atom. The second-order valence-electron chi connectivity index (χ2n) is 8.98. The zero-order valence-corrected chi connectivity index (χ0v) is 18.6. The maximum atomic E-state index is 12.6. The van der Waals surface area contributed by atoms with E-state index >= 15 is 0 Å². The van der Waals surface area contributed by atoms with Gasteiger partial charge in [-0.1, -0.05) is 90.9 Å². The molecule has 1 N–H and O–H groups in total. The van der Waals surface area contributed by atoms with Gasteiger partial charge in [0.2, 0.25) is 0 Å². The minimum Gasteiger partial charge on any atom is -0.302 e. The van der Waals surface area contributed by atoms with Crippen molar-refractivity contribution in [1.82, 2.24) is 0 Å². The highest BCUT2D eigenvalue weighted by atomic mass is 31.2. The SMILES string of the molecule is CCCCCC1CCCC(OP(=O)(O)OC2CCCC(CCCCC)C2)C1. The van der Waals surface area contributed by atoms with Crippen molar-refractivity contribution in [2.45, 2.75) is 129 Å². The summed E-state index contributed by atoms with van der Waals surface area (Å²) in [5.74, 6) is 1.29. The summed E-state index contributed by atoms with van der Waals surface area (Å²) in [6.07, 6.45) is 18.1. The van der Waals surface area contributed by atoms with Gasteiger partial charge in [-0.25, -0.2) is 4.57 Å². The molecule has 0 aromatic rings. The first-order chi connectivity index (χ1) is 13.0. The maximum absolute atomic E-state index is 12.6. The van der Waals surface area contributed by atoms with Crippen LogP contribution in [0.3, 0.4) is 0 Å². The molecule has 2 fully saturated rings. The van der Waals surface area contributed by atoms with Crippen LogP contribution in [0.5, 0.6) is 0 Å². The first-order valence-corrected chi connectivity index (χ1v) is 13.2. The first kappa shape index (κ1) is 23.4. The Kier molecular flexibility index (Phi) is 10.9. The van der Waals surface area contributed by atoms with E-state index in [1.165, 1.54) is 64.2 Å². The van der Waals surface area contributed by atoms with Crippen LogP contribution in [0, 0.1) is 11.8 Å². The van der Waals surface area contributed by atoms with Crippen molar-refractivity contribution in [2.75, 3.05) is 0 Å². The summed E-state index contributed by atoms with van der Waals surface area (Å²) >= 11 is 0. The quantitative estimate of drug-likeness (QED) is 0.273. The van der Waals surface area contributed by atoms with Crippen LogP contribution in [0.1, 0.15) is 117 Å². The normalized spacial score (nSPS) is 31.5. The van der Waals surface area contributed by atoms with Crippen LogP contribution in [0.25, 0.3) is 0 Å². The van der Waals surface area contributed by atoms with E-state index in [1.54, 1.807) is 0 Å². The van der Waals surface area contributed by atoms with E-state index in [0.29, 0.717) is 11.8 Å². The van der Waals surface area contributed by atoms with Crippen LogP contribution >= 0.6 is 7.82 Å². The predicted octanol–water partition coefficient (Wildman–Crippen LogP) is 7.40. The lowest BCUT2D eigenvalue weighted by atomic mass is 9.84. The van der Waals surface area contributed by atoms with Crippen LogP contribution in [-0.2, 0) is 13.6 Å². The molecular weight excluding hydrogens is 359 g/mol. The second kappa shape index (κ2) is 12.6. The molecule has 0 aliphatic heterocycles. The van der Waals surface area contributed by atoms with Gasteiger partial charge in [-0.3, -0.25) is 9.05 Å². The van der Waals surface area contributed by atoms with Gasteiger partial charge >= 0.3 is 7.82 Å². The van der Waals surface area contributed by atoms with Crippen molar-refractivity contribution < 1.29 is 18.5 Å². The smallest absolute Gasteiger partial charge is 0.302 e. The summed E-state index contributed by atoms with van der Waals surface area (Å²) in [7, 11) is -3.95. The van der Waals surface area contributed by atoms with E-state index in [9.17, 15) is 9.46 Å². The van der Waals surface area contributed by atoms with Crippen molar-refractivity contribution in [2.24, 2.45) is 11.8 Å². The van der Waals surface area contributed by atoms with Crippen molar-refractivity contribution in [1.29, 1.82) is 0 Å². The third kappa shape index (κ3) is 9.43. The molecular formula is C22H43O4P. The molecule has 4 atom stereocenters. The molecule has 0 bridgehead atoms. The molecule has 0 saturated heterocycles. The van der Waals surface area contributed by atoms with Crippen molar-refractivity contribution in [3.8, 4) is 0 Å². The van der Waals surface area contributed by atoms with Gasteiger partial charge < -0.3 is 4.89 Å². The average molecular weight is 403 g/mol. The second-order valence-corrected chi connectivity index (χ2v) is 10.3. The Balaban J connectivity index is 1.74. The molecule has 0 amide bonds. The van der Waals surface area contributed by atoms with Crippen molar-refractivity contribution in [3.05, 3.63) is 0 Å². The van der Waals surface area contributed by atoms with E-state index in [4.69, 9.17) is 9.05 Å². The molecule has 2 aliphatic rings. The van der Waals surface area contributed by atoms with Gasteiger partial charge in [0.15, 0.2) is 0 Å². The number of phosphoric ester groups is 1. The standard InChI is InChI=1S/C22H43O4P/c1-3-5-7-11-19-13-9-15-21(17-19)25-27(23,24)26-22-16-10-14-20(18-22)12-8-6-4-2/h19-22H,3-18H2,1-2H3,(H,23,24).